The monoisotopic (exact) mass is 495 g/mol. The number of rotatable bonds is 6. The Bertz CT molecular complexity index is 1260. The van der Waals surface area contributed by atoms with Gasteiger partial charge in [-0.1, -0.05) is 47.1 Å². The fourth-order valence-corrected chi connectivity index (χ4v) is 6.09. The normalized spacial score (nSPS) is 11.2. The number of aromatic nitrogens is 2. The summed E-state index contributed by atoms with van der Waals surface area (Å²) in [6, 6.07) is 8.97. The second-order valence-corrected chi connectivity index (χ2v) is 9.75. The van der Waals surface area contributed by atoms with Crippen LogP contribution in [-0.2, 0) is 11.3 Å². The van der Waals surface area contributed by atoms with Gasteiger partial charge in [0.1, 0.15) is 4.83 Å². The predicted octanol–water partition coefficient (Wildman–Crippen LogP) is 6.24. The highest BCUT2D eigenvalue weighted by atomic mass is 35.5. The molecule has 3 aromatic heterocycles. The van der Waals surface area contributed by atoms with Gasteiger partial charge in [0.15, 0.2) is 5.16 Å². The summed E-state index contributed by atoms with van der Waals surface area (Å²) in [5, 5.41) is 8.54. The van der Waals surface area contributed by atoms with Crippen LogP contribution < -0.4 is 10.9 Å². The van der Waals surface area contributed by atoms with Crippen molar-refractivity contribution in [3.05, 3.63) is 61.5 Å². The van der Waals surface area contributed by atoms with E-state index >= 15 is 0 Å². The number of nitrogens with one attached hydrogen (secondary N) is 1. The lowest BCUT2D eigenvalue weighted by molar-refractivity contribution is -0.113. The van der Waals surface area contributed by atoms with Gasteiger partial charge >= 0.3 is 0 Å². The number of fused-ring (bicyclic) bond motifs is 1. The van der Waals surface area contributed by atoms with Gasteiger partial charge in [0.2, 0.25) is 5.91 Å². The molecule has 0 aliphatic carbocycles. The Kier molecular flexibility index (Phi) is 6.50. The lowest BCUT2D eigenvalue weighted by atomic mass is 10.2. The quantitative estimate of drug-likeness (QED) is 0.253. The van der Waals surface area contributed by atoms with Gasteiger partial charge in [-0.05, 0) is 30.5 Å². The maximum Gasteiger partial charge on any atom is 0.263 e. The number of para-hydroxylation sites is 1. The molecule has 5 nitrogen and oxygen atoms in total. The van der Waals surface area contributed by atoms with Crippen molar-refractivity contribution >= 4 is 79.4 Å². The van der Waals surface area contributed by atoms with Crippen molar-refractivity contribution in [1.29, 1.82) is 0 Å². The summed E-state index contributed by atoms with van der Waals surface area (Å²) in [6.07, 6.45) is 0. The average molecular weight is 496 g/mol. The molecule has 154 valence electrons. The number of anilines is 1. The lowest BCUT2D eigenvalue weighted by Crippen LogP contribution is -2.23. The Hall–Kier alpha value is -1.84. The first-order valence-electron chi connectivity index (χ1n) is 8.92. The molecule has 0 fully saturated rings. The van der Waals surface area contributed by atoms with Gasteiger partial charge in [-0.25, -0.2) is 4.98 Å². The number of halogens is 2. The second kappa shape index (κ2) is 9.11. The van der Waals surface area contributed by atoms with E-state index in [1.54, 1.807) is 34.1 Å². The van der Waals surface area contributed by atoms with Gasteiger partial charge in [0.05, 0.1) is 26.9 Å². The van der Waals surface area contributed by atoms with Crippen molar-refractivity contribution in [1.82, 2.24) is 9.55 Å². The Morgan fingerprint density at radius 1 is 1.20 bits per heavy atom. The molecule has 1 aromatic carbocycles. The Morgan fingerprint density at radius 3 is 2.63 bits per heavy atom. The van der Waals surface area contributed by atoms with E-state index in [1.807, 2.05) is 29.8 Å². The zero-order chi connectivity index (χ0) is 21.3. The van der Waals surface area contributed by atoms with Crippen LogP contribution in [0.1, 0.15) is 6.92 Å². The number of hydrogen-bond donors (Lipinski definition) is 1. The molecule has 0 unspecified atom stereocenters. The average Bonchev–Trinajstić information content (AvgIpc) is 3.39. The maximum atomic E-state index is 13.2. The summed E-state index contributed by atoms with van der Waals surface area (Å²) in [6.45, 7) is 2.35. The zero-order valence-corrected chi connectivity index (χ0v) is 19.6. The van der Waals surface area contributed by atoms with Gasteiger partial charge in [-0.3, -0.25) is 14.2 Å². The first-order chi connectivity index (χ1) is 14.5. The first kappa shape index (κ1) is 21.4. The standard InChI is InChI=1S/C20H15Cl2N3O2S3/c1-2-25-19(27)16-11(14-7-4-8-28-14)9-29-18(16)24-20(25)30-10-15(26)23-17-12(21)5-3-6-13(17)22/h3-9H,2,10H2,1H3,(H,23,26). The smallest absolute Gasteiger partial charge is 0.263 e. The molecule has 4 aromatic rings. The van der Waals surface area contributed by atoms with Crippen molar-refractivity contribution < 1.29 is 4.79 Å². The van der Waals surface area contributed by atoms with Crippen LogP contribution in [0.4, 0.5) is 5.69 Å². The molecule has 0 aliphatic heterocycles. The fourth-order valence-electron chi connectivity index (χ4n) is 2.93. The Labute approximate surface area is 194 Å². The molecule has 4 rings (SSSR count). The van der Waals surface area contributed by atoms with Crippen LogP contribution in [-0.4, -0.2) is 21.2 Å². The van der Waals surface area contributed by atoms with Crippen molar-refractivity contribution in [2.45, 2.75) is 18.6 Å². The lowest BCUT2D eigenvalue weighted by Gasteiger charge is -2.11. The maximum absolute atomic E-state index is 13.2. The van der Waals surface area contributed by atoms with Crippen molar-refractivity contribution in [3.63, 3.8) is 0 Å². The highest BCUT2D eigenvalue weighted by molar-refractivity contribution is 7.99. The van der Waals surface area contributed by atoms with Crippen LogP contribution in [0, 0.1) is 0 Å². The van der Waals surface area contributed by atoms with Gasteiger partial charge < -0.3 is 5.32 Å². The van der Waals surface area contributed by atoms with Gasteiger partial charge in [0.25, 0.3) is 5.56 Å². The third-order valence-corrected chi connectivity index (χ3v) is 7.70. The van der Waals surface area contributed by atoms with E-state index in [-0.39, 0.29) is 17.2 Å². The molecular formula is C20H15Cl2N3O2S3. The van der Waals surface area contributed by atoms with Gasteiger partial charge in [0, 0.05) is 22.4 Å². The molecule has 10 heteroatoms. The number of carbonyl (C=O) groups excluding carboxylic acids is 1. The van der Waals surface area contributed by atoms with E-state index < -0.39 is 0 Å². The zero-order valence-electron chi connectivity index (χ0n) is 15.6. The van der Waals surface area contributed by atoms with E-state index in [2.05, 4.69) is 10.3 Å². The van der Waals surface area contributed by atoms with Crippen molar-refractivity contribution in [2.24, 2.45) is 0 Å². The first-order valence-corrected chi connectivity index (χ1v) is 12.4. The van der Waals surface area contributed by atoms with Crippen LogP contribution in [0.3, 0.4) is 0 Å². The minimum atomic E-state index is -0.280. The molecule has 0 atom stereocenters. The van der Waals surface area contributed by atoms with E-state index in [0.717, 1.165) is 10.4 Å². The Balaban J connectivity index is 1.60. The number of carbonyl (C=O) groups is 1. The van der Waals surface area contributed by atoms with Crippen LogP contribution >= 0.6 is 57.6 Å². The van der Waals surface area contributed by atoms with E-state index in [0.29, 0.717) is 37.7 Å². The van der Waals surface area contributed by atoms with Crippen molar-refractivity contribution in [2.75, 3.05) is 11.1 Å². The summed E-state index contributed by atoms with van der Waals surface area (Å²) in [5.74, 6) is -0.208. The SMILES string of the molecule is CCn1c(SCC(=O)Nc2c(Cl)cccc2Cl)nc2scc(-c3cccs3)c2c1=O. The third kappa shape index (κ3) is 4.15. The minimum absolute atomic E-state index is 0.0721. The number of nitrogens with zero attached hydrogens (tertiary/aromatic N) is 2. The highest BCUT2D eigenvalue weighted by Crippen LogP contribution is 2.35. The molecule has 1 amide bonds. The van der Waals surface area contributed by atoms with E-state index in [9.17, 15) is 9.59 Å². The van der Waals surface area contributed by atoms with Crippen LogP contribution in [0.2, 0.25) is 10.0 Å². The largest absolute Gasteiger partial charge is 0.323 e. The Morgan fingerprint density at radius 2 is 1.97 bits per heavy atom. The summed E-state index contributed by atoms with van der Waals surface area (Å²) >= 11 is 16.4. The second-order valence-electron chi connectivity index (χ2n) is 6.18. The molecule has 0 radical (unpaired) electrons. The van der Waals surface area contributed by atoms with Gasteiger partial charge in [-0.15, -0.1) is 22.7 Å². The topological polar surface area (TPSA) is 64.0 Å². The summed E-state index contributed by atoms with van der Waals surface area (Å²) < 4.78 is 1.60. The number of benzene rings is 1. The molecule has 3 heterocycles. The third-order valence-electron chi connectivity index (χ3n) is 4.32. The summed E-state index contributed by atoms with van der Waals surface area (Å²) in [4.78, 5) is 32.0. The molecule has 30 heavy (non-hydrogen) atoms. The molecule has 0 saturated carbocycles. The molecular weight excluding hydrogens is 481 g/mol. The van der Waals surface area contributed by atoms with E-state index in [4.69, 9.17) is 23.2 Å². The summed E-state index contributed by atoms with van der Waals surface area (Å²) in [7, 11) is 0. The number of thioether (sulfide) groups is 1. The number of thiophene rings is 2. The number of hydrogen-bond acceptors (Lipinski definition) is 6. The molecule has 0 spiro atoms. The predicted molar refractivity (Wildman–Crippen MR) is 129 cm³/mol. The fraction of sp³-hybridized carbons (Fsp3) is 0.150. The number of amides is 1. The van der Waals surface area contributed by atoms with Crippen LogP contribution in [0.25, 0.3) is 20.7 Å². The minimum Gasteiger partial charge on any atom is -0.323 e. The molecule has 0 aliphatic rings. The van der Waals surface area contributed by atoms with Crippen LogP contribution in [0.15, 0.2) is 51.0 Å². The summed E-state index contributed by atoms with van der Waals surface area (Å²) in [5.41, 5.74) is 1.19. The van der Waals surface area contributed by atoms with E-state index in [1.165, 1.54) is 23.1 Å². The van der Waals surface area contributed by atoms with Crippen molar-refractivity contribution in [3.8, 4) is 10.4 Å². The molecule has 0 bridgehead atoms. The van der Waals surface area contributed by atoms with Gasteiger partial charge in [-0.2, -0.15) is 0 Å². The van der Waals surface area contributed by atoms with Crippen LogP contribution in [0.5, 0.6) is 0 Å². The molecule has 1 N–H and O–H groups in total. The molecule has 0 saturated heterocycles. The highest BCUT2D eigenvalue weighted by Gasteiger charge is 2.18.